The quantitative estimate of drug-likeness (QED) is 0.0802. The highest BCUT2D eigenvalue weighted by Gasteiger charge is 2.32. The third-order valence-electron chi connectivity index (χ3n) is 11.1. The average Bonchev–Trinajstić information content (AvgIpc) is 4.10. The number of fused-ring (bicyclic) bond motifs is 1. The maximum Gasteiger partial charge on any atom is 0.354 e. The van der Waals surface area contributed by atoms with Crippen molar-refractivity contribution in [1.82, 2.24) is 45.0 Å². The van der Waals surface area contributed by atoms with Crippen molar-refractivity contribution in [3.63, 3.8) is 0 Å². The van der Waals surface area contributed by atoms with Gasteiger partial charge in [-0.15, -0.1) is 5.10 Å². The normalized spacial score (nSPS) is 13.9. The van der Waals surface area contributed by atoms with Crippen LogP contribution in [0.25, 0.3) is 33.5 Å². The Labute approximate surface area is 382 Å². The Morgan fingerprint density at radius 3 is 2.24 bits per heavy atom. The largest absolute Gasteiger partial charge is 0.486 e. The predicted octanol–water partition coefficient (Wildman–Crippen LogP) is 7.56. The number of nitrogens with zero attached hydrogens (tertiary/aromatic N) is 7. The number of hydrogen-bond donors (Lipinski definition) is 3. The first-order valence-electron chi connectivity index (χ1n) is 20.9. The van der Waals surface area contributed by atoms with Crippen molar-refractivity contribution in [1.29, 1.82) is 0 Å². The van der Waals surface area contributed by atoms with Gasteiger partial charge in [0.05, 0.1) is 32.6 Å². The summed E-state index contributed by atoms with van der Waals surface area (Å²) in [6.07, 6.45) is 1.56. The van der Waals surface area contributed by atoms with Gasteiger partial charge in [0.1, 0.15) is 35.5 Å². The van der Waals surface area contributed by atoms with Crippen molar-refractivity contribution in [2.24, 2.45) is 7.05 Å². The summed E-state index contributed by atoms with van der Waals surface area (Å²) in [5.41, 5.74) is 5.68. The van der Waals surface area contributed by atoms with Crippen molar-refractivity contribution in [3.05, 3.63) is 149 Å². The van der Waals surface area contributed by atoms with Gasteiger partial charge in [-0.2, -0.15) is 0 Å². The highest BCUT2D eigenvalue weighted by Crippen LogP contribution is 2.32. The number of hydrogen-bond acceptors (Lipinski definition) is 13. The Balaban J connectivity index is 0.860. The first-order chi connectivity index (χ1) is 31.9. The van der Waals surface area contributed by atoms with Gasteiger partial charge in [0.25, 0.3) is 5.24 Å². The molecule has 0 spiro atoms. The molecule has 3 N–H and O–H groups in total. The Hall–Kier alpha value is -7.64. The van der Waals surface area contributed by atoms with E-state index in [2.05, 4.69) is 30.9 Å². The molecule has 4 heterocycles. The lowest BCUT2D eigenvalue weighted by Crippen LogP contribution is -2.25. The molecular weight excluding hydrogens is 883 g/mol. The summed E-state index contributed by atoms with van der Waals surface area (Å²) in [6.45, 7) is 2.32. The number of aromatic nitrogens is 8. The molecule has 0 aliphatic carbocycles. The number of imide groups is 1. The zero-order valence-electron chi connectivity index (χ0n) is 35.5. The highest BCUT2D eigenvalue weighted by molar-refractivity contribution is 8.15. The number of rotatable bonds is 17. The maximum absolute atomic E-state index is 13.9. The molecule has 1 aliphatic heterocycles. The van der Waals surface area contributed by atoms with Crippen LogP contribution in [0.4, 0.5) is 4.79 Å². The van der Waals surface area contributed by atoms with Gasteiger partial charge in [-0.3, -0.25) is 14.9 Å². The summed E-state index contributed by atoms with van der Waals surface area (Å²) >= 11 is 0.996. The Morgan fingerprint density at radius 1 is 0.848 bits per heavy atom. The van der Waals surface area contributed by atoms with Gasteiger partial charge in [-0.05, 0) is 94.1 Å². The summed E-state index contributed by atoms with van der Waals surface area (Å²) in [5.74, 6) is 1.05. The number of imidazole rings is 2. The Bertz CT molecular complexity index is 3210. The minimum Gasteiger partial charge on any atom is -0.486 e. The van der Waals surface area contributed by atoms with Crippen LogP contribution in [-0.4, -0.2) is 75.6 Å². The lowest BCUT2D eigenvalue weighted by Gasteiger charge is -2.12. The number of carbonyl (C=O) groups is 3. The fourth-order valence-electron chi connectivity index (χ4n) is 7.80. The molecule has 1 atom stereocenters. The molecule has 0 radical (unpaired) electrons. The number of aryl methyl sites for hydroxylation is 2. The van der Waals surface area contributed by atoms with Gasteiger partial charge < -0.3 is 23.7 Å². The van der Waals surface area contributed by atoms with Crippen molar-refractivity contribution < 1.29 is 37.4 Å². The molecule has 1 unspecified atom stereocenters. The smallest absolute Gasteiger partial charge is 0.354 e. The molecule has 5 aromatic carbocycles. The Kier molecular flexibility index (Phi) is 12.2. The molecule has 3 aromatic heterocycles. The van der Waals surface area contributed by atoms with Crippen LogP contribution in [0.15, 0.2) is 120 Å². The minimum atomic E-state index is -4.04. The van der Waals surface area contributed by atoms with E-state index in [1.165, 1.54) is 12.1 Å². The lowest BCUT2D eigenvalue weighted by molar-refractivity contribution is -0.118. The van der Waals surface area contributed by atoms with E-state index in [0.29, 0.717) is 54.0 Å². The van der Waals surface area contributed by atoms with Crippen molar-refractivity contribution in [3.8, 4) is 39.8 Å². The summed E-state index contributed by atoms with van der Waals surface area (Å²) in [4.78, 5) is 45.6. The van der Waals surface area contributed by atoms with E-state index >= 15 is 0 Å². The van der Waals surface area contributed by atoms with Crippen LogP contribution in [0.5, 0.6) is 17.2 Å². The summed E-state index contributed by atoms with van der Waals surface area (Å²) in [6, 6.07) is 34.2. The topological polar surface area (TPSA) is 226 Å². The first-order valence-corrected chi connectivity index (χ1v) is 23.4. The molecular formula is C47H41N9O8S2. The molecule has 66 heavy (non-hydrogen) atoms. The third-order valence-corrected chi connectivity index (χ3v) is 13.7. The number of carboxylic acid groups (broad SMARTS) is 1. The van der Waals surface area contributed by atoms with E-state index in [0.717, 1.165) is 50.6 Å². The number of tetrazole rings is 1. The molecule has 1 saturated heterocycles. The number of aromatic carboxylic acids is 1. The predicted molar refractivity (Wildman–Crippen MR) is 245 cm³/mol. The number of benzene rings is 5. The molecule has 9 rings (SSSR count). The van der Waals surface area contributed by atoms with Crippen molar-refractivity contribution >= 4 is 49.7 Å². The van der Waals surface area contributed by atoms with Gasteiger partial charge in [0.15, 0.2) is 21.4 Å². The zero-order chi connectivity index (χ0) is 46.0. The number of sulfone groups is 1. The minimum absolute atomic E-state index is 0.00663. The number of H-pyrrole nitrogens is 1. The van der Waals surface area contributed by atoms with Crippen molar-refractivity contribution in [2.45, 2.75) is 55.2 Å². The molecule has 0 bridgehead atoms. The molecule has 19 heteroatoms. The number of nitrogens with one attached hydrogen (secondary N) is 2. The number of ether oxygens (including phenoxy) is 2. The van der Waals surface area contributed by atoms with E-state index in [9.17, 15) is 27.9 Å². The van der Waals surface area contributed by atoms with Crippen LogP contribution >= 0.6 is 11.8 Å². The zero-order valence-corrected chi connectivity index (χ0v) is 37.2. The number of thioether (sulfide) groups is 1. The Morgan fingerprint density at radius 2 is 1.56 bits per heavy atom. The monoisotopic (exact) mass is 923 g/mol. The van der Waals surface area contributed by atoms with Crippen LogP contribution in [0.1, 0.15) is 52.3 Å². The second-order valence-electron chi connectivity index (χ2n) is 15.5. The van der Waals surface area contributed by atoms with Crippen LogP contribution in [-0.2, 0) is 53.4 Å². The van der Waals surface area contributed by atoms with Crippen LogP contribution in [0.2, 0.25) is 0 Å². The standard InChI is InChI=1S/C47H41N9O8S2/c1-3-6-41-49-38(43(46(58)59)56(41)25-29-9-13-30(14-10-29)35-7-4-5-8-36(35)44-51-53-54-52-44)27-66(61,62)34-20-17-32(18-21-34)64-33-19-22-37-39(24-33)55(2)42(48-37)26-63-31-15-11-28(12-16-31)23-40-45(57)50-47(60)65-40/h4-5,7-22,24,40H,3,6,23,25-27H2,1-2H3,(H,58,59)(H,50,57,60)(H,51,52,53,54). The van der Waals surface area contributed by atoms with E-state index in [1.54, 1.807) is 22.8 Å². The van der Waals surface area contributed by atoms with Crippen molar-refractivity contribution in [2.75, 3.05) is 0 Å². The molecule has 17 nitrogen and oxygen atoms in total. The van der Waals surface area contributed by atoms with E-state index in [-0.39, 0.29) is 40.6 Å². The molecule has 1 fully saturated rings. The van der Waals surface area contributed by atoms with Crippen LogP contribution < -0.4 is 14.8 Å². The van der Waals surface area contributed by atoms with E-state index < -0.39 is 26.8 Å². The molecule has 0 saturated carbocycles. The average molecular weight is 924 g/mol. The summed E-state index contributed by atoms with van der Waals surface area (Å²) in [7, 11) is -2.17. The number of carboxylic acids is 1. The maximum atomic E-state index is 13.9. The van der Waals surface area contributed by atoms with Crippen LogP contribution in [0.3, 0.4) is 0 Å². The SMILES string of the molecule is CCCc1nc(CS(=O)(=O)c2ccc(Oc3ccc4nc(COc5ccc(CC6SC(=O)NC6=O)cc5)n(C)c4c3)cc2)c(C(=O)O)n1Cc1ccc(-c2ccccc2-c2nnn[nH]2)cc1. The second-order valence-corrected chi connectivity index (χ2v) is 18.7. The van der Waals surface area contributed by atoms with E-state index in [1.807, 2.05) is 103 Å². The van der Waals surface area contributed by atoms with Gasteiger partial charge >= 0.3 is 5.97 Å². The number of amides is 2. The fourth-order valence-corrected chi connectivity index (χ4v) is 9.94. The van der Waals surface area contributed by atoms with Gasteiger partial charge in [-0.1, -0.05) is 79.3 Å². The van der Waals surface area contributed by atoms with Gasteiger partial charge in [-0.25, -0.2) is 28.3 Å². The molecule has 2 amide bonds. The first kappa shape index (κ1) is 43.6. The summed E-state index contributed by atoms with van der Waals surface area (Å²) < 4.78 is 43.3. The van der Waals surface area contributed by atoms with Gasteiger partial charge in [0, 0.05) is 31.6 Å². The lowest BCUT2D eigenvalue weighted by atomic mass is 9.98. The fraction of sp³-hybridized carbons (Fsp3) is 0.191. The van der Waals surface area contributed by atoms with Crippen LogP contribution in [0, 0.1) is 0 Å². The van der Waals surface area contributed by atoms with E-state index in [4.69, 9.17) is 14.5 Å². The number of aromatic amines is 1. The highest BCUT2D eigenvalue weighted by atomic mass is 32.2. The third kappa shape index (κ3) is 9.29. The second kappa shape index (κ2) is 18.5. The molecule has 8 aromatic rings. The number of carbonyl (C=O) groups excluding carboxylic acids is 2. The van der Waals surface area contributed by atoms with Gasteiger partial charge in [0.2, 0.25) is 5.91 Å². The molecule has 334 valence electrons. The summed E-state index contributed by atoms with van der Waals surface area (Å²) in [5, 5.41) is 26.2. The molecule has 1 aliphatic rings.